The summed E-state index contributed by atoms with van der Waals surface area (Å²) in [5.74, 6) is 1.63. The van der Waals surface area contributed by atoms with Crippen LogP contribution in [0.3, 0.4) is 0 Å². The van der Waals surface area contributed by atoms with Crippen molar-refractivity contribution < 1.29 is 14.3 Å². The standard InChI is InChI=1S/C16H24N2O3/c1-3-21-14-7-4-12(10-15(14)20-2)11-17-9-8-16(19)18-13-5-6-13/h4,7,10,13,17H,3,5-6,8-9,11H2,1-2H3,(H,18,19). The van der Waals surface area contributed by atoms with Gasteiger partial charge in [0.2, 0.25) is 5.91 Å². The Morgan fingerprint density at radius 2 is 2.14 bits per heavy atom. The van der Waals surface area contributed by atoms with E-state index in [2.05, 4.69) is 10.6 Å². The monoisotopic (exact) mass is 292 g/mol. The van der Waals surface area contributed by atoms with Gasteiger partial charge in [-0.2, -0.15) is 0 Å². The van der Waals surface area contributed by atoms with Crippen molar-refractivity contribution in [2.24, 2.45) is 0 Å². The third-order valence-electron chi connectivity index (χ3n) is 3.33. The lowest BCUT2D eigenvalue weighted by atomic mass is 10.2. The van der Waals surface area contributed by atoms with Crippen LogP contribution in [0.2, 0.25) is 0 Å². The molecule has 2 N–H and O–H groups in total. The van der Waals surface area contributed by atoms with Crippen molar-refractivity contribution in [3.8, 4) is 11.5 Å². The maximum Gasteiger partial charge on any atom is 0.221 e. The Hall–Kier alpha value is -1.75. The summed E-state index contributed by atoms with van der Waals surface area (Å²) in [6.45, 7) is 3.94. The van der Waals surface area contributed by atoms with Crippen molar-refractivity contribution in [1.29, 1.82) is 0 Å². The van der Waals surface area contributed by atoms with Gasteiger partial charge >= 0.3 is 0 Å². The van der Waals surface area contributed by atoms with Crippen LogP contribution in [0.25, 0.3) is 0 Å². The molecule has 0 unspecified atom stereocenters. The normalized spacial score (nSPS) is 13.8. The average Bonchev–Trinajstić information content (AvgIpc) is 3.29. The smallest absolute Gasteiger partial charge is 0.221 e. The topological polar surface area (TPSA) is 59.6 Å². The zero-order chi connectivity index (χ0) is 15.1. The van der Waals surface area contributed by atoms with E-state index in [1.807, 2.05) is 25.1 Å². The van der Waals surface area contributed by atoms with Crippen LogP contribution in [0, 0.1) is 0 Å². The Bertz CT molecular complexity index is 473. The van der Waals surface area contributed by atoms with E-state index in [4.69, 9.17) is 9.47 Å². The van der Waals surface area contributed by atoms with Crippen LogP contribution in [-0.2, 0) is 11.3 Å². The Morgan fingerprint density at radius 1 is 1.33 bits per heavy atom. The van der Waals surface area contributed by atoms with Crippen molar-refractivity contribution in [2.45, 2.75) is 38.8 Å². The molecule has 0 atom stereocenters. The van der Waals surface area contributed by atoms with Gasteiger partial charge in [0, 0.05) is 25.6 Å². The van der Waals surface area contributed by atoms with Gasteiger partial charge in [-0.05, 0) is 37.5 Å². The lowest BCUT2D eigenvalue weighted by Crippen LogP contribution is -2.28. The molecule has 1 aliphatic rings. The molecule has 0 heterocycles. The van der Waals surface area contributed by atoms with Crippen LogP contribution in [0.4, 0.5) is 0 Å². The zero-order valence-corrected chi connectivity index (χ0v) is 12.8. The summed E-state index contributed by atoms with van der Waals surface area (Å²) in [5, 5.41) is 6.25. The summed E-state index contributed by atoms with van der Waals surface area (Å²) in [4.78, 5) is 11.5. The molecule has 0 saturated heterocycles. The second kappa shape index (κ2) is 7.88. The van der Waals surface area contributed by atoms with Gasteiger partial charge < -0.3 is 20.1 Å². The minimum absolute atomic E-state index is 0.134. The summed E-state index contributed by atoms with van der Waals surface area (Å²) in [6.07, 6.45) is 2.78. The first-order valence-corrected chi connectivity index (χ1v) is 7.52. The van der Waals surface area contributed by atoms with Gasteiger partial charge in [0.1, 0.15) is 0 Å². The van der Waals surface area contributed by atoms with Gasteiger partial charge in [0.25, 0.3) is 0 Å². The largest absolute Gasteiger partial charge is 0.493 e. The predicted molar refractivity (Wildman–Crippen MR) is 81.7 cm³/mol. The van der Waals surface area contributed by atoms with E-state index in [9.17, 15) is 4.79 Å². The molecule has 1 amide bonds. The van der Waals surface area contributed by atoms with Crippen molar-refractivity contribution in [1.82, 2.24) is 10.6 Å². The maximum absolute atomic E-state index is 11.5. The van der Waals surface area contributed by atoms with E-state index in [-0.39, 0.29) is 5.91 Å². The summed E-state index contributed by atoms with van der Waals surface area (Å²) in [5.41, 5.74) is 1.11. The molecular weight excluding hydrogens is 268 g/mol. The number of amides is 1. The van der Waals surface area contributed by atoms with Crippen LogP contribution in [0.1, 0.15) is 31.7 Å². The first kappa shape index (κ1) is 15.6. The highest BCUT2D eigenvalue weighted by Gasteiger charge is 2.22. The third kappa shape index (κ3) is 5.27. The highest BCUT2D eigenvalue weighted by atomic mass is 16.5. The molecule has 1 aromatic rings. The van der Waals surface area contributed by atoms with Gasteiger partial charge in [-0.3, -0.25) is 4.79 Å². The summed E-state index contributed by atoms with van der Waals surface area (Å²) in [6, 6.07) is 6.32. The number of ether oxygens (including phenoxy) is 2. The van der Waals surface area contributed by atoms with Gasteiger partial charge in [-0.1, -0.05) is 6.07 Å². The first-order chi connectivity index (χ1) is 10.2. The summed E-state index contributed by atoms with van der Waals surface area (Å²) < 4.78 is 10.8. The maximum atomic E-state index is 11.5. The van der Waals surface area contributed by atoms with Crippen LogP contribution in [0.5, 0.6) is 11.5 Å². The molecule has 1 aromatic carbocycles. The number of carbonyl (C=O) groups excluding carboxylic acids is 1. The molecule has 0 aliphatic heterocycles. The fourth-order valence-corrected chi connectivity index (χ4v) is 2.06. The molecule has 0 bridgehead atoms. The lowest BCUT2D eigenvalue weighted by molar-refractivity contribution is -0.121. The van der Waals surface area contributed by atoms with E-state index in [0.29, 0.717) is 32.2 Å². The molecule has 5 heteroatoms. The molecular formula is C16H24N2O3. The number of rotatable bonds is 9. The van der Waals surface area contributed by atoms with Crippen LogP contribution in [-0.4, -0.2) is 32.2 Å². The second-order valence-electron chi connectivity index (χ2n) is 5.19. The number of nitrogens with one attached hydrogen (secondary N) is 2. The predicted octanol–water partition coefficient (Wildman–Crippen LogP) is 1.85. The molecule has 0 aromatic heterocycles. The molecule has 2 rings (SSSR count). The molecule has 1 fully saturated rings. The van der Waals surface area contributed by atoms with Gasteiger partial charge in [-0.15, -0.1) is 0 Å². The summed E-state index contributed by atoms with van der Waals surface area (Å²) >= 11 is 0. The molecule has 116 valence electrons. The van der Waals surface area contributed by atoms with E-state index in [0.717, 1.165) is 29.9 Å². The number of methoxy groups -OCH3 is 1. The Morgan fingerprint density at radius 3 is 2.81 bits per heavy atom. The number of hydrogen-bond donors (Lipinski definition) is 2. The first-order valence-electron chi connectivity index (χ1n) is 7.52. The van der Waals surface area contributed by atoms with Gasteiger partial charge in [0.05, 0.1) is 13.7 Å². The Balaban J connectivity index is 1.73. The number of carbonyl (C=O) groups is 1. The molecule has 5 nitrogen and oxygen atoms in total. The van der Waals surface area contributed by atoms with Crippen molar-refractivity contribution >= 4 is 5.91 Å². The Kier molecular flexibility index (Phi) is 5.87. The van der Waals surface area contributed by atoms with Crippen molar-refractivity contribution in [3.05, 3.63) is 23.8 Å². The van der Waals surface area contributed by atoms with Crippen LogP contribution < -0.4 is 20.1 Å². The fraction of sp³-hybridized carbons (Fsp3) is 0.562. The lowest BCUT2D eigenvalue weighted by Gasteiger charge is -2.11. The fourth-order valence-electron chi connectivity index (χ4n) is 2.06. The van der Waals surface area contributed by atoms with E-state index < -0.39 is 0 Å². The molecule has 1 saturated carbocycles. The van der Waals surface area contributed by atoms with Crippen molar-refractivity contribution in [3.63, 3.8) is 0 Å². The van der Waals surface area contributed by atoms with E-state index in [1.165, 1.54) is 0 Å². The van der Waals surface area contributed by atoms with Gasteiger partial charge in [0.15, 0.2) is 11.5 Å². The van der Waals surface area contributed by atoms with Crippen molar-refractivity contribution in [2.75, 3.05) is 20.3 Å². The highest BCUT2D eigenvalue weighted by Crippen LogP contribution is 2.27. The third-order valence-corrected chi connectivity index (χ3v) is 3.33. The number of benzene rings is 1. The second-order valence-corrected chi connectivity index (χ2v) is 5.19. The molecule has 0 spiro atoms. The molecule has 1 aliphatic carbocycles. The zero-order valence-electron chi connectivity index (χ0n) is 12.8. The average molecular weight is 292 g/mol. The Labute approximate surface area is 126 Å². The minimum atomic E-state index is 0.134. The van der Waals surface area contributed by atoms with E-state index >= 15 is 0 Å². The van der Waals surface area contributed by atoms with E-state index in [1.54, 1.807) is 7.11 Å². The molecule has 21 heavy (non-hydrogen) atoms. The molecule has 0 radical (unpaired) electrons. The highest BCUT2D eigenvalue weighted by molar-refractivity contribution is 5.76. The van der Waals surface area contributed by atoms with Crippen LogP contribution in [0.15, 0.2) is 18.2 Å². The summed E-state index contributed by atoms with van der Waals surface area (Å²) in [7, 11) is 1.64. The number of hydrogen-bond acceptors (Lipinski definition) is 4. The van der Waals surface area contributed by atoms with Crippen LogP contribution >= 0.6 is 0 Å². The minimum Gasteiger partial charge on any atom is -0.493 e. The SMILES string of the molecule is CCOc1ccc(CNCCC(=O)NC2CC2)cc1OC. The quantitative estimate of drug-likeness (QED) is 0.682. The van der Waals surface area contributed by atoms with Gasteiger partial charge in [-0.25, -0.2) is 0 Å².